The van der Waals surface area contributed by atoms with Crippen LogP contribution >= 0.6 is 0 Å². The van der Waals surface area contributed by atoms with E-state index in [1.807, 2.05) is 0 Å². The van der Waals surface area contributed by atoms with Crippen molar-refractivity contribution in [1.82, 2.24) is 5.32 Å². The van der Waals surface area contributed by atoms with Crippen LogP contribution in [0.2, 0.25) is 0 Å². The number of ether oxygens (including phenoxy) is 3. The number of hydrogen-bond acceptors (Lipinski definition) is 6. The smallest absolute Gasteiger partial charge is 0.329 e. The molecule has 2 aromatic rings. The van der Waals surface area contributed by atoms with E-state index >= 15 is 0 Å². The molecule has 0 aliphatic carbocycles. The lowest BCUT2D eigenvalue weighted by Crippen LogP contribution is -2.45. The fourth-order valence-corrected chi connectivity index (χ4v) is 2.64. The Bertz CT molecular complexity index is 863. The molecule has 0 aliphatic rings. The second-order valence-electron chi connectivity index (χ2n) is 6.66. The summed E-state index contributed by atoms with van der Waals surface area (Å²) >= 11 is 0. The van der Waals surface area contributed by atoms with E-state index in [-0.39, 0.29) is 17.4 Å². The Morgan fingerprint density at radius 2 is 1.66 bits per heavy atom. The van der Waals surface area contributed by atoms with Gasteiger partial charge in [-0.05, 0) is 30.2 Å². The van der Waals surface area contributed by atoms with Crippen molar-refractivity contribution in [3.8, 4) is 11.5 Å². The number of Topliss-reactive ketones (excluding diaryl/α,β-unsaturated/α-hetero) is 1. The topological polar surface area (TPSA) is 90.9 Å². The highest BCUT2D eigenvalue weighted by Gasteiger charge is 2.27. The molecular formula is C22H25NO6. The van der Waals surface area contributed by atoms with Crippen molar-refractivity contribution in [2.24, 2.45) is 5.92 Å². The molecule has 29 heavy (non-hydrogen) atoms. The van der Waals surface area contributed by atoms with Gasteiger partial charge in [-0.1, -0.05) is 32.0 Å². The van der Waals surface area contributed by atoms with E-state index in [1.54, 1.807) is 62.4 Å². The summed E-state index contributed by atoms with van der Waals surface area (Å²) in [6.07, 6.45) is 0. The number of carbonyl (C=O) groups excluding carboxylic acids is 3. The van der Waals surface area contributed by atoms with Crippen LogP contribution in [-0.2, 0) is 9.53 Å². The third-order valence-corrected chi connectivity index (χ3v) is 4.30. The molecule has 0 heterocycles. The van der Waals surface area contributed by atoms with Gasteiger partial charge < -0.3 is 19.5 Å². The van der Waals surface area contributed by atoms with Gasteiger partial charge in [-0.25, -0.2) is 4.79 Å². The molecule has 2 aromatic carbocycles. The largest absolute Gasteiger partial charge is 0.497 e. The van der Waals surface area contributed by atoms with Crippen molar-refractivity contribution in [2.75, 3.05) is 20.8 Å². The Balaban J connectivity index is 2.03. The zero-order chi connectivity index (χ0) is 21.4. The van der Waals surface area contributed by atoms with E-state index in [2.05, 4.69) is 5.32 Å². The summed E-state index contributed by atoms with van der Waals surface area (Å²) < 4.78 is 15.5. The molecule has 7 heteroatoms. The molecule has 1 atom stereocenters. The number of esters is 1. The van der Waals surface area contributed by atoms with Gasteiger partial charge in [0.25, 0.3) is 5.91 Å². The molecule has 2 rings (SSSR count). The average Bonchev–Trinajstić information content (AvgIpc) is 2.75. The van der Waals surface area contributed by atoms with E-state index in [0.29, 0.717) is 17.1 Å². The molecule has 0 fully saturated rings. The maximum absolute atomic E-state index is 12.5. The van der Waals surface area contributed by atoms with Gasteiger partial charge in [0.1, 0.15) is 17.5 Å². The first-order valence-electron chi connectivity index (χ1n) is 9.15. The maximum atomic E-state index is 12.5. The predicted molar refractivity (Wildman–Crippen MR) is 107 cm³/mol. The minimum Gasteiger partial charge on any atom is -0.497 e. The summed E-state index contributed by atoms with van der Waals surface area (Å²) in [6.45, 7) is 3.10. The van der Waals surface area contributed by atoms with Gasteiger partial charge >= 0.3 is 5.97 Å². The highest BCUT2D eigenvalue weighted by Crippen LogP contribution is 2.25. The Morgan fingerprint density at radius 1 is 0.966 bits per heavy atom. The number of methoxy groups -OCH3 is 2. The normalized spacial score (nSPS) is 11.5. The van der Waals surface area contributed by atoms with Gasteiger partial charge in [-0.2, -0.15) is 0 Å². The lowest BCUT2D eigenvalue weighted by molar-refractivity contribution is -0.145. The second kappa shape index (κ2) is 10.3. The van der Waals surface area contributed by atoms with Crippen LogP contribution in [0, 0.1) is 5.92 Å². The Kier molecular flexibility index (Phi) is 7.77. The average molecular weight is 399 g/mol. The molecule has 1 amide bonds. The van der Waals surface area contributed by atoms with Crippen LogP contribution in [0.25, 0.3) is 0 Å². The first kappa shape index (κ1) is 21.9. The van der Waals surface area contributed by atoms with E-state index in [4.69, 9.17) is 14.2 Å². The summed E-state index contributed by atoms with van der Waals surface area (Å²) in [7, 11) is 2.94. The number of benzene rings is 2. The van der Waals surface area contributed by atoms with Crippen LogP contribution < -0.4 is 14.8 Å². The summed E-state index contributed by atoms with van der Waals surface area (Å²) in [5.41, 5.74) is 0.709. The van der Waals surface area contributed by atoms with Gasteiger partial charge in [0.2, 0.25) is 5.78 Å². The zero-order valence-electron chi connectivity index (χ0n) is 16.9. The Hall–Kier alpha value is -3.35. The van der Waals surface area contributed by atoms with Crippen LogP contribution in [0.5, 0.6) is 11.5 Å². The molecule has 0 unspecified atom stereocenters. The van der Waals surface area contributed by atoms with Crippen molar-refractivity contribution in [1.29, 1.82) is 0 Å². The highest BCUT2D eigenvalue weighted by molar-refractivity contribution is 6.01. The molecule has 0 bridgehead atoms. The monoisotopic (exact) mass is 399 g/mol. The number of carbonyl (C=O) groups is 3. The molecule has 154 valence electrons. The van der Waals surface area contributed by atoms with Gasteiger partial charge in [0.15, 0.2) is 6.61 Å². The van der Waals surface area contributed by atoms with Gasteiger partial charge in [0, 0.05) is 11.6 Å². The van der Waals surface area contributed by atoms with Crippen LogP contribution in [0.3, 0.4) is 0 Å². The summed E-state index contributed by atoms with van der Waals surface area (Å²) in [6, 6.07) is 12.4. The van der Waals surface area contributed by atoms with Crippen LogP contribution in [0.1, 0.15) is 34.6 Å². The second-order valence-corrected chi connectivity index (χ2v) is 6.66. The van der Waals surface area contributed by atoms with E-state index in [1.165, 1.54) is 14.2 Å². The van der Waals surface area contributed by atoms with E-state index < -0.39 is 24.4 Å². The molecule has 0 saturated carbocycles. The Labute approximate surface area is 170 Å². The van der Waals surface area contributed by atoms with Crippen molar-refractivity contribution in [3.63, 3.8) is 0 Å². The summed E-state index contributed by atoms with van der Waals surface area (Å²) in [5.74, 6) is -0.841. The van der Waals surface area contributed by atoms with Crippen molar-refractivity contribution >= 4 is 17.7 Å². The third kappa shape index (κ3) is 5.81. The minimum atomic E-state index is -0.881. The molecule has 7 nitrogen and oxygen atoms in total. The predicted octanol–water partition coefficient (Wildman–Crippen LogP) is 2.88. The number of rotatable bonds is 9. The minimum absolute atomic E-state index is 0.221. The lowest BCUT2D eigenvalue weighted by atomic mass is 10.0. The fourth-order valence-electron chi connectivity index (χ4n) is 2.64. The standard InChI is InChI=1S/C22H25NO6/c1-14(2)20(23-21(25)15-8-6-5-7-9-15)22(26)29-13-18(24)17-11-10-16(27-3)12-19(17)28-4/h5-12,14,20H,13H2,1-4H3,(H,23,25)/t20-/m0/s1. The van der Waals surface area contributed by atoms with Crippen molar-refractivity contribution in [2.45, 2.75) is 19.9 Å². The Morgan fingerprint density at radius 3 is 2.24 bits per heavy atom. The fraction of sp³-hybridized carbons (Fsp3) is 0.318. The summed E-state index contributed by atoms with van der Waals surface area (Å²) in [5, 5.41) is 2.67. The van der Waals surface area contributed by atoms with Gasteiger partial charge in [-0.3, -0.25) is 9.59 Å². The summed E-state index contributed by atoms with van der Waals surface area (Å²) in [4.78, 5) is 37.3. The molecule has 1 N–H and O–H groups in total. The number of amides is 1. The zero-order valence-corrected chi connectivity index (χ0v) is 16.9. The molecule has 0 aromatic heterocycles. The number of ketones is 1. The van der Waals surface area contributed by atoms with Crippen molar-refractivity contribution < 1.29 is 28.6 Å². The molecule has 0 spiro atoms. The van der Waals surface area contributed by atoms with Crippen LogP contribution in [0.15, 0.2) is 48.5 Å². The maximum Gasteiger partial charge on any atom is 0.329 e. The van der Waals surface area contributed by atoms with E-state index in [0.717, 1.165) is 0 Å². The molecule has 0 radical (unpaired) electrons. The first-order chi connectivity index (χ1) is 13.9. The van der Waals surface area contributed by atoms with E-state index in [9.17, 15) is 14.4 Å². The van der Waals surface area contributed by atoms with Gasteiger partial charge in [0.05, 0.1) is 19.8 Å². The highest BCUT2D eigenvalue weighted by atomic mass is 16.5. The quantitative estimate of drug-likeness (QED) is 0.515. The van der Waals surface area contributed by atoms with Crippen LogP contribution in [0.4, 0.5) is 0 Å². The molecule has 0 aliphatic heterocycles. The SMILES string of the molecule is COc1ccc(C(=O)COC(=O)[C@@H](NC(=O)c2ccccc2)C(C)C)c(OC)c1. The number of nitrogens with one attached hydrogen (secondary N) is 1. The van der Waals surface area contributed by atoms with Crippen molar-refractivity contribution in [3.05, 3.63) is 59.7 Å². The van der Waals surface area contributed by atoms with Gasteiger partial charge in [-0.15, -0.1) is 0 Å². The lowest BCUT2D eigenvalue weighted by Gasteiger charge is -2.21. The first-order valence-corrected chi connectivity index (χ1v) is 9.15. The molecule has 0 saturated heterocycles. The molecular weight excluding hydrogens is 374 g/mol. The number of hydrogen-bond donors (Lipinski definition) is 1. The van der Waals surface area contributed by atoms with Crippen LogP contribution in [-0.4, -0.2) is 44.5 Å². The third-order valence-electron chi connectivity index (χ3n) is 4.30.